The van der Waals surface area contributed by atoms with Crippen molar-refractivity contribution in [3.05, 3.63) is 35.4 Å². The van der Waals surface area contributed by atoms with Gasteiger partial charge in [-0.2, -0.15) is 0 Å². The van der Waals surface area contributed by atoms with E-state index in [9.17, 15) is 9.59 Å². The van der Waals surface area contributed by atoms with E-state index in [0.29, 0.717) is 25.2 Å². The molecule has 1 saturated carbocycles. The normalized spacial score (nSPS) is 13.1. The molecule has 2 amide bonds. The fraction of sp³-hybridized carbons (Fsp3) is 0.500. The molecule has 2 rings (SSSR count). The van der Waals surface area contributed by atoms with Crippen LogP contribution in [0.3, 0.4) is 0 Å². The molecule has 0 heterocycles. The minimum atomic E-state index is -0.0863. The zero-order valence-electron chi connectivity index (χ0n) is 12.9. The molecule has 0 bridgehead atoms. The van der Waals surface area contributed by atoms with Gasteiger partial charge >= 0.3 is 0 Å². The van der Waals surface area contributed by atoms with E-state index in [1.165, 1.54) is 12.8 Å². The van der Waals surface area contributed by atoms with Crippen molar-refractivity contribution < 1.29 is 9.59 Å². The first-order chi connectivity index (χ1) is 10.2. The zero-order chi connectivity index (χ0) is 15.1. The number of carbonyl (C=O) groups excluding carboxylic acids is 2. The maximum atomic E-state index is 11.7. The molecule has 1 aromatic carbocycles. The summed E-state index contributed by atoms with van der Waals surface area (Å²) in [6, 6.07) is 7.31. The molecule has 0 spiro atoms. The monoisotopic (exact) mass is 325 g/mol. The van der Waals surface area contributed by atoms with Gasteiger partial charge in [0.25, 0.3) is 5.91 Å². The van der Waals surface area contributed by atoms with Crippen molar-refractivity contribution in [2.45, 2.75) is 26.3 Å². The van der Waals surface area contributed by atoms with Crippen LogP contribution in [0.25, 0.3) is 0 Å². The Morgan fingerprint density at radius 2 is 2.00 bits per heavy atom. The SMILES string of the molecule is CCNC(=O)c1cccc(CNC(=O)CNCC2CC2)c1.Cl. The Balaban J connectivity index is 0.00000242. The van der Waals surface area contributed by atoms with Gasteiger partial charge < -0.3 is 16.0 Å². The van der Waals surface area contributed by atoms with Gasteiger partial charge in [0, 0.05) is 18.7 Å². The minimum absolute atomic E-state index is 0. The van der Waals surface area contributed by atoms with Crippen LogP contribution in [0.1, 0.15) is 35.7 Å². The molecule has 1 fully saturated rings. The third kappa shape index (κ3) is 6.45. The highest BCUT2D eigenvalue weighted by Crippen LogP contribution is 2.27. The average Bonchev–Trinajstić information content (AvgIpc) is 3.30. The van der Waals surface area contributed by atoms with Gasteiger partial charge in [0.05, 0.1) is 6.54 Å². The lowest BCUT2D eigenvalue weighted by Crippen LogP contribution is -2.34. The van der Waals surface area contributed by atoms with Crippen molar-refractivity contribution in [3.63, 3.8) is 0 Å². The number of benzene rings is 1. The number of halogens is 1. The molecule has 0 saturated heterocycles. The number of nitrogens with one attached hydrogen (secondary N) is 3. The van der Waals surface area contributed by atoms with E-state index in [-0.39, 0.29) is 24.2 Å². The lowest BCUT2D eigenvalue weighted by atomic mass is 10.1. The maximum Gasteiger partial charge on any atom is 0.251 e. The molecule has 1 aromatic rings. The van der Waals surface area contributed by atoms with Gasteiger partial charge in [-0.3, -0.25) is 9.59 Å². The Hall–Kier alpha value is -1.59. The maximum absolute atomic E-state index is 11.7. The Morgan fingerprint density at radius 3 is 2.68 bits per heavy atom. The summed E-state index contributed by atoms with van der Waals surface area (Å²) in [5.41, 5.74) is 1.55. The second-order valence-corrected chi connectivity index (χ2v) is 5.41. The van der Waals surface area contributed by atoms with Gasteiger partial charge in [-0.1, -0.05) is 12.1 Å². The van der Waals surface area contributed by atoms with E-state index in [2.05, 4.69) is 16.0 Å². The summed E-state index contributed by atoms with van der Waals surface area (Å²) in [6.07, 6.45) is 2.56. The fourth-order valence-corrected chi connectivity index (χ4v) is 2.06. The summed E-state index contributed by atoms with van der Waals surface area (Å²) in [7, 11) is 0. The van der Waals surface area contributed by atoms with Gasteiger partial charge in [0.2, 0.25) is 5.91 Å². The molecule has 122 valence electrons. The number of amides is 2. The molecule has 0 unspecified atom stereocenters. The van der Waals surface area contributed by atoms with E-state index < -0.39 is 0 Å². The molecule has 1 aliphatic rings. The van der Waals surface area contributed by atoms with Crippen molar-refractivity contribution in [2.24, 2.45) is 5.92 Å². The van der Waals surface area contributed by atoms with Gasteiger partial charge in [-0.05, 0) is 49.9 Å². The first kappa shape index (κ1) is 18.5. The highest BCUT2D eigenvalue weighted by Gasteiger charge is 2.20. The lowest BCUT2D eigenvalue weighted by molar-refractivity contribution is -0.120. The molecule has 3 N–H and O–H groups in total. The van der Waals surface area contributed by atoms with E-state index in [1.54, 1.807) is 6.07 Å². The first-order valence-corrected chi connectivity index (χ1v) is 7.53. The predicted molar refractivity (Wildman–Crippen MR) is 89.1 cm³/mol. The van der Waals surface area contributed by atoms with Crippen molar-refractivity contribution in [3.8, 4) is 0 Å². The van der Waals surface area contributed by atoms with E-state index in [1.807, 2.05) is 25.1 Å². The van der Waals surface area contributed by atoms with Gasteiger partial charge in [0.1, 0.15) is 0 Å². The summed E-state index contributed by atoms with van der Waals surface area (Å²) in [4.78, 5) is 23.4. The highest BCUT2D eigenvalue weighted by atomic mass is 35.5. The summed E-state index contributed by atoms with van der Waals surface area (Å²) in [5, 5.41) is 8.77. The topological polar surface area (TPSA) is 70.2 Å². The van der Waals surface area contributed by atoms with Crippen LogP contribution >= 0.6 is 12.4 Å². The van der Waals surface area contributed by atoms with Crippen LogP contribution in [0.4, 0.5) is 0 Å². The van der Waals surface area contributed by atoms with Crippen LogP contribution in [0.2, 0.25) is 0 Å². The predicted octanol–water partition coefficient (Wildman–Crippen LogP) is 1.47. The largest absolute Gasteiger partial charge is 0.352 e. The number of carbonyl (C=O) groups is 2. The van der Waals surface area contributed by atoms with Crippen LogP contribution < -0.4 is 16.0 Å². The quantitative estimate of drug-likeness (QED) is 0.678. The molecular formula is C16H24ClN3O2. The molecule has 1 aliphatic carbocycles. The molecule has 5 nitrogen and oxygen atoms in total. The van der Waals surface area contributed by atoms with Crippen LogP contribution in [0, 0.1) is 5.92 Å². The van der Waals surface area contributed by atoms with E-state index in [4.69, 9.17) is 0 Å². The third-order valence-corrected chi connectivity index (χ3v) is 3.43. The average molecular weight is 326 g/mol. The molecule has 22 heavy (non-hydrogen) atoms. The Kier molecular flexibility index (Phi) is 7.91. The molecule has 0 atom stereocenters. The Bertz CT molecular complexity index is 504. The molecule has 0 aromatic heterocycles. The molecule has 6 heteroatoms. The molecule has 0 aliphatic heterocycles. The van der Waals surface area contributed by atoms with Crippen molar-refractivity contribution in [1.29, 1.82) is 0 Å². The number of hydrogen-bond donors (Lipinski definition) is 3. The van der Waals surface area contributed by atoms with Crippen LogP contribution in [-0.2, 0) is 11.3 Å². The van der Waals surface area contributed by atoms with Crippen LogP contribution in [0.5, 0.6) is 0 Å². The Morgan fingerprint density at radius 1 is 1.23 bits per heavy atom. The van der Waals surface area contributed by atoms with Gasteiger partial charge in [-0.15, -0.1) is 12.4 Å². The van der Waals surface area contributed by atoms with Crippen LogP contribution in [-0.4, -0.2) is 31.4 Å². The lowest BCUT2D eigenvalue weighted by Gasteiger charge is -2.08. The summed E-state index contributed by atoms with van der Waals surface area (Å²) in [5.74, 6) is 0.669. The van der Waals surface area contributed by atoms with Gasteiger partial charge in [-0.25, -0.2) is 0 Å². The first-order valence-electron chi connectivity index (χ1n) is 7.53. The van der Waals surface area contributed by atoms with E-state index in [0.717, 1.165) is 18.0 Å². The summed E-state index contributed by atoms with van der Waals surface area (Å²) < 4.78 is 0. The standard InChI is InChI=1S/C16H23N3O2.ClH/c1-2-18-16(21)14-5-3-4-13(8-14)10-19-15(20)11-17-9-12-6-7-12;/h3-5,8,12,17H,2,6-7,9-11H2,1H3,(H,18,21)(H,19,20);1H. The molecule has 0 radical (unpaired) electrons. The second kappa shape index (κ2) is 9.43. The zero-order valence-corrected chi connectivity index (χ0v) is 13.7. The minimum Gasteiger partial charge on any atom is -0.352 e. The van der Waals surface area contributed by atoms with Crippen LogP contribution in [0.15, 0.2) is 24.3 Å². The van der Waals surface area contributed by atoms with E-state index >= 15 is 0 Å². The summed E-state index contributed by atoms with van der Waals surface area (Å²) >= 11 is 0. The Labute approximate surface area is 137 Å². The van der Waals surface area contributed by atoms with Crippen molar-refractivity contribution in [1.82, 2.24) is 16.0 Å². The van der Waals surface area contributed by atoms with Crippen molar-refractivity contribution in [2.75, 3.05) is 19.6 Å². The number of hydrogen-bond acceptors (Lipinski definition) is 3. The smallest absolute Gasteiger partial charge is 0.251 e. The molecular weight excluding hydrogens is 302 g/mol. The van der Waals surface area contributed by atoms with Gasteiger partial charge in [0.15, 0.2) is 0 Å². The number of rotatable bonds is 8. The highest BCUT2D eigenvalue weighted by molar-refractivity contribution is 5.94. The fourth-order valence-electron chi connectivity index (χ4n) is 2.06. The summed E-state index contributed by atoms with van der Waals surface area (Å²) in [6.45, 7) is 4.22. The third-order valence-electron chi connectivity index (χ3n) is 3.43. The van der Waals surface area contributed by atoms with Crippen molar-refractivity contribution >= 4 is 24.2 Å². The second-order valence-electron chi connectivity index (χ2n) is 5.41.